The van der Waals surface area contributed by atoms with Crippen molar-refractivity contribution in [3.05, 3.63) is 83.5 Å². The topological polar surface area (TPSA) is 105 Å². The highest BCUT2D eigenvalue weighted by atomic mass is 32.2. The summed E-state index contributed by atoms with van der Waals surface area (Å²) in [6.45, 7) is 1.40. The smallest absolute Gasteiger partial charge is 0.251 e. The lowest BCUT2D eigenvalue weighted by Crippen LogP contribution is -2.38. The van der Waals surface area contributed by atoms with Gasteiger partial charge < -0.3 is 21.3 Å². The number of nitrogens with zero attached hydrogens (tertiary/aromatic N) is 1. The predicted octanol–water partition coefficient (Wildman–Crippen LogP) is 4.08. The van der Waals surface area contributed by atoms with Crippen LogP contribution < -0.4 is 21.3 Å². The highest BCUT2D eigenvalue weighted by Gasteiger charge is 2.23. The van der Waals surface area contributed by atoms with Crippen LogP contribution in [0.5, 0.6) is 0 Å². The minimum absolute atomic E-state index is 0.149. The molecule has 0 fully saturated rings. The fourth-order valence-electron chi connectivity index (χ4n) is 4.34. The number of halogens is 1. The summed E-state index contributed by atoms with van der Waals surface area (Å²) in [5.41, 5.74) is 7.00. The van der Waals surface area contributed by atoms with Gasteiger partial charge in [0, 0.05) is 37.0 Å². The molecular weight excluding hydrogens is 503 g/mol. The molecule has 198 valence electrons. The van der Waals surface area contributed by atoms with E-state index in [0.29, 0.717) is 43.1 Å². The Bertz CT molecular complexity index is 1350. The number of thioether (sulfide) groups is 1. The molecule has 0 aromatic heterocycles. The molecule has 0 saturated carbocycles. The molecular formula is C29H31FN4O3S. The van der Waals surface area contributed by atoms with Gasteiger partial charge in [-0.25, -0.2) is 4.39 Å². The lowest BCUT2D eigenvalue weighted by molar-refractivity contribution is -0.123. The first kappa shape index (κ1) is 27.3. The van der Waals surface area contributed by atoms with Crippen molar-refractivity contribution in [1.82, 2.24) is 10.6 Å². The summed E-state index contributed by atoms with van der Waals surface area (Å²) < 4.78 is 13.7. The monoisotopic (exact) mass is 534 g/mol. The number of nitrogens with one attached hydrogen (secondary N) is 2. The van der Waals surface area contributed by atoms with Gasteiger partial charge in [-0.05, 0) is 59.3 Å². The van der Waals surface area contributed by atoms with E-state index in [0.717, 1.165) is 16.3 Å². The summed E-state index contributed by atoms with van der Waals surface area (Å²) in [6.07, 6.45) is 2.70. The van der Waals surface area contributed by atoms with E-state index in [1.165, 1.54) is 30.0 Å². The number of amides is 3. The van der Waals surface area contributed by atoms with Crippen LogP contribution in [0.3, 0.4) is 0 Å². The normalized spacial score (nSPS) is 13.6. The molecule has 0 spiro atoms. The lowest BCUT2D eigenvalue weighted by Gasteiger charge is -2.22. The number of carbonyl (C=O) groups excluding carboxylic acids is 3. The van der Waals surface area contributed by atoms with Crippen molar-refractivity contribution < 1.29 is 18.8 Å². The van der Waals surface area contributed by atoms with Crippen LogP contribution in [0.2, 0.25) is 0 Å². The fourth-order valence-corrected chi connectivity index (χ4v) is 5.15. The average Bonchev–Trinajstić information content (AvgIpc) is 3.06. The average molecular weight is 535 g/mol. The van der Waals surface area contributed by atoms with Gasteiger partial charge in [0.25, 0.3) is 5.91 Å². The molecule has 0 unspecified atom stereocenters. The molecule has 9 heteroatoms. The van der Waals surface area contributed by atoms with Gasteiger partial charge in [0.2, 0.25) is 11.8 Å². The van der Waals surface area contributed by atoms with Crippen molar-refractivity contribution in [1.29, 1.82) is 0 Å². The maximum Gasteiger partial charge on any atom is 0.251 e. The van der Waals surface area contributed by atoms with Crippen molar-refractivity contribution in [2.24, 2.45) is 5.73 Å². The second-order valence-corrected chi connectivity index (χ2v) is 9.97. The van der Waals surface area contributed by atoms with Gasteiger partial charge in [0.15, 0.2) is 0 Å². The van der Waals surface area contributed by atoms with Crippen LogP contribution in [0.15, 0.2) is 77.0 Å². The van der Waals surface area contributed by atoms with Crippen LogP contribution in [-0.4, -0.2) is 43.9 Å². The molecule has 3 amide bonds. The van der Waals surface area contributed by atoms with Crippen LogP contribution in [-0.2, 0) is 14.4 Å². The Labute approximate surface area is 225 Å². The summed E-state index contributed by atoms with van der Waals surface area (Å²) >= 11 is 1.28. The second-order valence-electron chi connectivity index (χ2n) is 9.02. The van der Waals surface area contributed by atoms with Crippen LogP contribution >= 0.6 is 11.8 Å². The van der Waals surface area contributed by atoms with E-state index in [2.05, 4.69) is 10.6 Å². The molecule has 3 aromatic rings. The number of hydrogen-bond acceptors (Lipinski definition) is 5. The number of rotatable bonds is 11. The molecule has 1 aliphatic rings. The quantitative estimate of drug-likeness (QED) is 0.322. The third-order valence-electron chi connectivity index (χ3n) is 6.35. The number of benzene rings is 3. The van der Waals surface area contributed by atoms with E-state index < -0.39 is 5.92 Å². The van der Waals surface area contributed by atoms with Crippen LogP contribution in [0, 0.1) is 5.82 Å². The molecule has 4 N–H and O–H groups in total. The van der Waals surface area contributed by atoms with E-state index in [1.807, 2.05) is 42.5 Å². The van der Waals surface area contributed by atoms with E-state index in [4.69, 9.17) is 5.73 Å². The van der Waals surface area contributed by atoms with E-state index in [-0.39, 0.29) is 36.5 Å². The maximum absolute atomic E-state index is 13.7. The zero-order valence-corrected chi connectivity index (χ0v) is 21.8. The van der Waals surface area contributed by atoms with Crippen molar-refractivity contribution >= 4 is 45.9 Å². The first-order valence-corrected chi connectivity index (χ1v) is 13.5. The van der Waals surface area contributed by atoms with Gasteiger partial charge in [-0.2, -0.15) is 0 Å². The van der Waals surface area contributed by atoms with Crippen LogP contribution in [0.25, 0.3) is 10.8 Å². The van der Waals surface area contributed by atoms with Crippen LogP contribution in [0.4, 0.5) is 10.1 Å². The summed E-state index contributed by atoms with van der Waals surface area (Å²) in [5.74, 6) is -1.52. The van der Waals surface area contributed by atoms with Gasteiger partial charge in [-0.15, -0.1) is 0 Å². The third kappa shape index (κ3) is 6.99. The zero-order chi connectivity index (χ0) is 26.9. The third-order valence-corrected chi connectivity index (χ3v) is 7.20. The molecule has 0 bridgehead atoms. The molecule has 4 rings (SSSR count). The predicted molar refractivity (Wildman–Crippen MR) is 149 cm³/mol. The Kier molecular flexibility index (Phi) is 9.51. The highest BCUT2D eigenvalue weighted by Crippen LogP contribution is 2.34. The molecule has 0 saturated heterocycles. The Morgan fingerprint density at radius 1 is 1.00 bits per heavy atom. The summed E-state index contributed by atoms with van der Waals surface area (Å²) in [4.78, 5) is 40.5. The SMILES string of the molecule is NCCCNC(=O)[C@@H](CNC(=O)CCCN1C(=O)C=CSc2cc(F)ccc21)c1ccc2ccccc2c1. The van der Waals surface area contributed by atoms with Gasteiger partial charge in [-0.1, -0.05) is 54.2 Å². The number of anilines is 1. The molecule has 1 heterocycles. The highest BCUT2D eigenvalue weighted by molar-refractivity contribution is 8.02. The van der Waals surface area contributed by atoms with Crippen molar-refractivity contribution in [3.63, 3.8) is 0 Å². The Balaban J connectivity index is 1.38. The molecule has 0 aliphatic carbocycles. The fraction of sp³-hybridized carbons (Fsp3) is 0.276. The minimum atomic E-state index is -0.558. The van der Waals surface area contributed by atoms with Gasteiger partial charge >= 0.3 is 0 Å². The zero-order valence-electron chi connectivity index (χ0n) is 21.0. The van der Waals surface area contributed by atoms with Crippen molar-refractivity contribution in [3.8, 4) is 0 Å². The molecule has 1 atom stereocenters. The van der Waals surface area contributed by atoms with Crippen LogP contribution in [0.1, 0.15) is 30.7 Å². The maximum atomic E-state index is 13.7. The standard InChI is InChI=1S/C29H31FN4O3S/c30-23-10-11-25-26(18-23)38-16-12-28(36)34(25)15-3-7-27(35)33-19-24(29(37)32-14-4-13-31)22-9-8-20-5-1-2-6-21(20)17-22/h1-2,5-6,8-12,16-18,24H,3-4,7,13-15,19,31H2,(H,32,37)(H,33,35)/t24-/m0/s1. The molecule has 38 heavy (non-hydrogen) atoms. The molecule has 7 nitrogen and oxygen atoms in total. The number of nitrogens with two attached hydrogens (primary N) is 1. The number of carbonyl (C=O) groups is 3. The van der Waals surface area contributed by atoms with Crippen molar-refractivity contribution in [2.45, 2.75) is 30.1 Å². The van der Waals surface area contributed by atoms with E-state index in [9.17, 15) is 18.8 Å². The Morgan fingerprint density at radius 2 is 1.82 bits per heavy atom. The molecule has 3 aromatic carbocycles. The van der Waals surface area contributed by atoms with E-state index >= 15 is 0 Å². The lowest BCUT2D eigenvalue weighted by atomic mass is 9.95. The first-order valence-electron chi connectivity index (χ1n) is 12.6. The Morgan fingerprint density at radius 3 is 2.63 bits per heavy atom. The molecule has 1 aliphatic heterocycles. The first-order chi connectivity index (χ1) is 18.5. The summed E-state index contributed by atoms with van der Waals surface area (Å²) in [6, 6.07) is 18.1. The molecule has 0 radical (unpaired) electrons. The Hall–Kier alpha value is -3.69. The van der Waals surface area contributed by atoms with Gasteiger partial charge in [0.05, 0.1) is 11.6 Å². The number of hydrogen-bond donors (Lipinski definition) is 3. The summed E-state index contributed by atoms with van der Waals surface area (Å²) in [7, 11) is 0. The van der Waals surface area contributed by atoms with Gasteiger partial charge in [-0.3, -0.25) is 14.4 Å². The minimum Gasteiger partial charge on any atom is -0.355 e. The van der Waals surface area contributed by atoms with Gasteiger partial charge in [0.1, 0.15) is 5.82 Å². The largest absolute Gasteiger partial charge is 0.355 e. The summed E-state index contributed by atoms with van der Waals surface area (Å²) in [5, 5.41) is 9.54. The van der Waals surface area contributed by atoms with E-state index in [1.54, 1.807) is 16.4 Å². The van der Waals surface area contributed by atoms with Crippen molar-refractivity contribution in [2.75, 3.05) is 31.1 Å². The second kappa shape index (κ2) is 13.2. The number of fused-ring (bicyclic) bond motifs is 2.